The molecular formula is C19H11N3O. The van der Waals surface area contributed by atoms with Crippen molar-refractivity contribution in [1.82, 2.24) is 15.0 Å². The van der Waals surface area contributed by atoms with Gasteiger partial charge in [-0.25, -0.2) is 0 Å². The topological polar surface area (TPSA) is 51.8 Å². The van der Waals surface area contributed by atoms with Crippen molar-refractivity contribution >= 4 is 32.7 Å². The van der Waals surface area contributed by atoms with E-state index in [0.717, 1.165) is 44.1 Å². The third kappa shape index (κ3) is 1.82. The molecule has 0 saturated heterocycles. The highest BCUT2D eigenvalue weighted by molar-refractivity contribution is 6.05. The van der Waals surface area contributed by atoms with Gasteiger partial charge in [0, 0.05) is 47.0 Å². The van der Waals surface area contributed by atoms with Gasteiger partial charge in [0.2, 0.25) is 0 Å². The lowest BCUT2D eigenvalue weighted by Crippen LogP contribution is -1.89. The molecule has 0 aliphatic carbocycles. The number of para-hydroxylation sites is 1. The van der Waals surface area contributed by atoms with Gasteiger partial charge in [0.1, 0.15) is 11.2 Å². The van der Waals surface area contributed by atoms with Crippen LogP contribution in [0.2, 0.25) is 0 Å². The fourth-order valence-corrected chi connectivity index (χ4v) is 2.96. The van der Waals surface area contributed by atoms with Gasteiger partial charge >= 0.3 is 0 Å². The van der Waals surface area contributed by atoms with Crippen molar-refractivity contribution in [2.24, 2.45) is 0 Å². The maximum Gasteiger partial charge on any atom is 0.139 e. The number of hydrogen-bond donors (Lipinski definition) is 0. The molecule has 4 aromatic heterocycles. The zero-order valence-electron chi connectivity index (χ0n) is 12.1. The van der Waals surface area contributed by atoms with Crippen LogP contribution in [0.3, 0.4) is 0 Å². The molecule has 5 rings (SSSR count). The van der Waals surface area contributed by atoms with Gasteiger partial charge in [-0.2, -0.15) is 0 Å². The van der Waals surface area contributed by atoms with Crippen LogP contribution in [0.5, 0.6) is 0 Å². The highest BCUT2D eigenvalue weighted by atomic mass is 16.3. The molecule has 0 N–H and O–H groups in total. The normalized spacial score (nSPS) is 11.5. The first-order valence-corrected chi connectivity index (χ1v) is 7.36. The summed E-state index contributed by atoms with van der Waals surface area (Å²) in [5.74, 6) is 0. The van der Waals surface area contributed by atoms with Crippen LogP contribution in [0.15, 0.2) is 71.7 Å². The summed E-state index contributed by atoms with van der Waals surface area (Å²) in [5.41, 5.74) is 3.29. The number of fused-ring (bicyclic) bond motifs is 4. The third-order valence-electron chi connectivity index (χ3n) is 4.07. The number of aromatic nitrogens is 3. The van der Waals surface area contributed by atoms with Crippen LogP contribution in [0.1, 0.15) is 0 Å². The molecular weight excluding hydrogens is 286 g/mol. The van der Waals surface area contributed by atoms with E-state index in [2.05, 4.69) is 15.0 Å². The Morgan fingerprint density at radius 1 is 0.739 bits per heavy atom. The Morgan fingerprint density at radius 3 is 2.65 bits per heavy atom. The third-order valence-corrected chi connectivity index (χ3v) is 4.07. The predicted molar refractivity (Wildman–Crippen MR) is 90.0 cm³/mol. The smallest absolute Gasteiger partial charge is 0.139 e. The largest absolute Gasteiger partial charge is 0.456 e. The number of furan rings is 1. The summed E-state index contributed by atoms with van der Waals surface area (Å²) in [6.07, 6.45) is 7.25. The molecule has 0 aliphatic rings. The van der Waals surface area contributed by atoms with E-state index in [1.807, 2.05) is 54.9 Å². The van der Waals surface area contributed by atoms with Crippen molar-refractivity contribution in [2.45, 2.75) is 0 Å². The Hall–Kier alpha value is -3.27. The molecule has 1 aromatic carbocycles. The molecule has 0 radical (unpaired) electrons. The summed E-state index contributed by atoms with van der Waals surface area (Å²) >= 11 is 0. The minimum Gasteiger partial charge on any atom is -0.456 e. The molecule has 4 heteroatoms. The molecule has 0 spiro atoms. The van der Waals surface area contributed by atoms with Gasteiger partial charge < -0.3 is 4.42 Å². The van der Waals surface area contributed by atoms with Crippen LogP contribution < -0.4 is 0 Å². The number of rotatable bonds is 1. The highest BCUT2D eigenvalue weighted by Gasteiger charge is 2.11. The molecule has 0 saturated carbocycles. The van der Waals surface area contributed by atoms with E-state index < -0.39 is 0 Å². The second-order valence-corrected chi connectivity index (χ2v) is 5.42. The Bertz CT molecular complexity index is 1170. The minimum absolute atomic E-state index is 0.787. The fraction of sp³-hybridized carbons (Fsp3) is 0. The number of pyridine rings is 3. The fourth-order valence-electron chi connectivity index (χ4n) is 2.96. The van der Waals surface area contributed by atoms with Crippen LogP contribution in [0.25, 0.3) is 44.1 Å². The van der Waals surface area contributed by atoms with Crippen molar-refractivity contribution in [1.29, 1.82) is 0 Å². The Morgan fingerprint density at radius 2 is 1.65 bits per heavy atom. The van der Waals surface area contributed by atoms with Crippen molar-refractivity contribution < 1.29 is 4.42 Å². The van der Waals surface area contributed by atoms with Crippen LogP contribution in [-0.4, -0.2) is 15.0 Å². The van der Waals surface area contributed by atoms with Gasteiger partial charge in [0.05, 0.1) is 11.4 Å². The lowest BCUT2D eigenvalue weighted by Gasteiger charge is -2.04. The van der Waals surface area contributed by atoms with Gasteiger partial charge in [-0.05, 0) is 23.6 Å². The summed E-state index contributed by atoms with van der Waals surface area (Å²) in [6, 6.07) is 13.9. The van der Waals surface area contributed by atoms with Crippen molar-refractivity contribution in [3.8, 4) is 11.4 Å². The molecule has 0 aliphatic heterocycles. The summed E-state index contributed by atoms with van der Waals surface area (Å²) < 4.78 is 5.94. The second kappa shape index (κ2) is 4.61. The van der Waals surface area contributed by atoms with E-state index in [1.54, 1.807) is 12.4 Å². The van der Waals surface area contributed by atoms with Gasteiger partial charge in [0.25, 0.3) is 0 Å². The average Bonchev–Trinajstić information content (AvgIpc) is 2.99. The predicted octanol–water partition coefficient (Wildman–Crippen LogP) is 4.59. The first-order chi connectivity index (χ1) is 11.4. The lowest BCUT2D eigenvalue weighted by molar-refractivity contribution is 0.668. The van der Waals surface area contributed by atoms with Gasteiger partial charge in [-0.1, -0.05) is 18.2 Å². The van der Waals surface area contributed by atoms with E-state index in [1.165, 1.54) is 0 Å². The summed E-state index contributed by atoms with van der Waals surface area (Å²) in [4.78, 5) is 13.3. The first kappa shape index (κ1) is 12.3. The first-order valence-electron chi connectivity index (χ1n) is 7.36. The summed E-state index contributed by atoms with van der Waals surface area (Å²) in [6.45, 7) is 0. The maximum atomic E-state index is 5.94. The minimum atomic E-state index is 0.787. The molecule has 23 heavy (non-hydrogen) atoms. The second-order valence-electron chi connectivity index (χ2n) is 5.42. The highest BCUT2D eigenvalue weighted by Crippen LogP contribution is 2.31. The standard InChI is InChI=1S/C19H11N3O/c1-2-4-17-13(3-1)15-11-22-16(9-18(15)23-17)19-14-10-20-7-5-12(14)6-8-21-19/h1-11H. The molecule has 4 nitrogen and oxygen atoms in total. The molecule has 0 amide bonds. The molecule has 4 heterocycles. The van der Waals surface area contributed by atoms with Crippen LogP contribution >= 0.6 is 0 Å². The lowest BCUT2D eigenvalue weighted by atomic mass is 10.1. The van der Waals surface area contributed by atoms with Crippen molar-refractivity contribution in [3.63, 3.8) is 0 Å². The van der Waals surface area contributed by atoms with E-state index >= 15 is 0 Å². The van der Waals surface area contributed by atoms with E-state index in [4.69, 9.17) is 4.42 Å². The van der Waals surface area contributed by atoms with E-state index in [9.17, 15) is 0 Å². The average molecular weight is 297 g/mol. The van der Waals surface area contributed by atoms with Crippen LogP contribution in [0.4, 0.5) is 0 Å². The van der Waals surface area contributed by atoms with Crippen molar-refractivity contribution in [3.05, 3.63) is 67.3 Å². The molecule has 108 valence electrons. The zero-order chi connectivity index (χ0) is 15.2. The number of nitrogens with zero attached hydrogens (tertiary/aromatic N) is 3. The number of hydrogen-bond acceptors (Lipinski definition) is 4. The number of benzene rings is 1. The molecule has 0 unspecified atom stereocenters. The quantitative estimate of drug-likeness (QED) is 0.454. The molecule has 0 fully saturated rings. The molecule has 5 aromatic rings. The monoisotopic (exact) mass is 297 g/mol. The Balaban J connectivity index is 1.81. The van der Waals surface area contributed by atoms with Crippen molar-refractivity contribution in [2.75, 3.05) is 0 Å². The molecule has 0 atom stereocenters. The van der Waals surface area contributed by atoms with E-state index in [-0.39, 0.29) is 0 Å². The molecule has 0 bridgehead atoms. The van der Waals surface area contributed by atoms with Crippen LogP contribution in [-0.2, 0) is 0 Å². The van der Waals surface area contributed by atoms with Crippen LogP contribution in [0, 0.1) is 0 Å². The Kier molecular flexibility index (Phi) is 2.46. The van der Waals surface area contributed by atoms with Gasteiger partial charge in [-0.15, -0.1) is 0 Å². The SMILES string of the molecule is c1ccc2c(c1)oc1cc(-c3nccc4ccncc34)ncc12. The maximum absolute atomic E-state index is 5.94. The Labute approximate surface area is 131 Å². The summed E-state index contributed by atoms with van der Waals surface area (Å²) in [5, 5.41) is 4.17. The van der Waals surface area contributed by atoms with Gasteiger partial charge in [0.15, 0.2) is 0 Å². The van der Waals surface area contributed by atoms with Gasteiger partial charge in [-0.3, -0.25) is 15.0 Å². The van der Waals surface area contributed by atoms with E-state index in [0.29, 0.717) is 0 Å². The summed E-state index contributed by atoms with van der Waals surface area (Å²) in [7, 11) is 0. The zero-order valence-corrected chi connectivity index (χ0v) is 12.1.